The predicted octanol–water partition coefficient (Wildman–Crippen LogP) is 4.79. The Morgan fingerprint density at radius 1 is 0.829 bits per heavy atom. The van der Waals surface area contributed by atoms with Gasteiger partial charge in [0.1, 0.15) is 11.5 Å². The largest absolute Gasteiger partial charge is 0.497 e. The lowest BCUT2D eigenvalue weighted by atomic mass is 9.89. The van der Waals surface area contributed by atoms with Crippen molar-refractivity contribution >= 4 is 17.3 Å². The molecule has 7 heteroatoms. The van der Waals surface area contributed by atoms with Gasteiger partial charge < -0.3 is 23.7 Å². The van der Waals surface area contributed by atoms with Gasteiger partial charge in [0.2, 0.25) is 6.79 Å². The molecule has 4 rings (SSSR count). The molecule has 7 nitrogen and oxygen atoms in total. The number of ketones is 1. The molecule has 0 radical (unpaired) electrons. The number of hydrogen-bond donors (Lipinski definition) is 0. The van der Waals surface area contributed by atoms with E-state index in [0.29, 0.717) is 33.9 Å². The molecule has 0 bridgehead atoms. The van der Waals surface area contributed by atoms with E-state index in [0.717, 1.165) is 16.9 Å². The molecule has 0 saturated carbocycles. The summed E-state index contributed by atoms with van der Waals surface area (Å²) in [4.78, 5) is 26.9. The number of esters is 1. The molecule has 0 unspecified atom stereocenters. The Morgan fingerprint density at radius 2 is 1.54 bits per heavy atom. The van der Waals surface area contributed by atoms with E-state index in [4.69, 9.17) is 23.7 Å². The first-order valence-corrected chi connectivity index (χ1v) is 11.0. The minimum atomic E-state index is -0.619. The molecule has 180 valence electrons. The Morgan fingerprint density at radius 3 is 2.20 bits per heavy atom. The zero-order valence-electron chi connectivity index (χ0n) is 20.0. The van der Waals surface area contributed by atoms with Crippen molar-refractivity contribution in [3.05, 3.63) is 88.5 Å². The quantitative estimate of drug-likeness (QED) is 0.264. The van der Waals surface area contributed by atoms with Crippen LogP contribution in [0.25, 0.3) is 5.57 Å². The van der Waals surface area contributed by atoms with Crippen LogP contribution in [0.3, 0.4) is 0 Å². The average molecular weight is 475 g/mol. The molecule has 0 aromatic heterocycles. The molecule has 3 aromatic rings. The van der Waals surface area contributed by atoms with Crippen LogP contribution < -0.4 is 18.9 Å². The Balaban J connectivity index is 1.89. The zero-order valence-corrected chi connectivity index (χ0v) is 20.0. The van der Waals surface area contributed by atoms with Gasteiger partial charge in [0.25, 0.3) is 0 Å². The molecule has 0 N–H and O–H groups in total. The van der Waals surface area contributed by atoms with Crippen LogP contribution in [0.2, 0.25) is 0 Å². The fraction of sp³-hybridized carbons (Fsp3) is 0.214. The molecular formula is C28H26O7. The molecule has 1 aliphatic heterocycles. The topological polar surface area (TPSA) is 80.3 Å². The zero-order chi connectivity index (χ0) is 24.9. The van der Waals surface area contributed by atoms with Crippen LogP contribution in [-0.4, -0.2) is 39.9 Å². The molecule has 1 aliphatic rings. The van der Waals surface area contributed by atoms with Crippen molar-refractivity contribution < 1.29 is 33.3 Å². The third-order valence-electron chi connectivity index (χ3n) is 5.82. The highest BCUT2D eigenvalue weighted by molar-refractivity contribution is 6.27. The maximum Gasteiger partial charge on any atom is 0.338 e. The molecule has 0 amide bonds. The summed E-state index contributed by atoms with van der Waals surface area (Å²) in [5, 5.41) is 0. The van der Waals surface area contributed by atoms with E-state index in [1.807, 2.05) is 25.1 Å². The molecule has 0 aliphatic carbocycles. The number of allylic oxidation sites excluding steroid dienone is 1. The summed E-state index contributed by atoms with van der Waals surface area (Å²) in [6, 6.07) is 17.6. The highest BCUT2D eigenvalue weighted by Crippen LogP contribution is 2.36. The van der Waals surface area contributed by atoms with E-state index in [2.05, 4.69) is 0 Å². The van der Waals surface area contributed by atoms with Crippen molar-refractivity contribution in [2.75, 3.05) is 28.1 Å². The fourth-order valence-electron chi connectivity index (χ4n) is 4.02. The summed E-state index contributed by atoms with van der Waals surface area (Å²) in [5.74, 6) is 1.53. The first-order chi connectivity index (χ1) is 16.9. The Hall–Kier alpha value is -4.26. The lowest BCUT2D eigenvalue weighted by molar-refractivity contribution is -0.133. The van der Waals surface area contributed by atoms with Crippen molar-refractivity contribution in [1.82, 2.24) is 0 Å². The molecule has 0 atom stereocenters. The lowest BCUT2D eigenvalue weighted by Gasteiger charge is -2.16. The van der Waals surface area contributed by atoms with Gasteiger partial charge in [-0.25, -0.2) is 4.79 Å². The van der Waals surface area contributed by atoms with Gasteiger partial charge in [-0.15, -0.1) is 0 Å². The van der Waals surface area contributed by atoms with Gasteiger partial charge in [0.05, 0.1) is 26.9 Å². The number of carbonyl (C=O) groups is 2. The maximum absolute atomic E-state index is 13.8. The minimum Gasteiger partial charge on any atom is -0.497 e. The number of methoxy groups -OCH3 is 3. The highest BCUT2D eigenvalue weighted by atomic mass is 16.7. The van der Waals surface area contributed by atoms with Crippen LogP contribution in [0.4, 0.5) is 0 Å². The summed E-state index contributed by atoms with van der Waals surface area (Å²) >= 11 is 0. The number of aryl methyl sites for hydroxylation is 1. The molecule has 0 saturated heterocycles. The number of carbonyl (C=O) groups excluding carboxylic acids is 2. The molecular weight excluding hydrogens is 448 g/mol. The SMILES string of the molecule is COC(=O)/C(=C(/Cc1ccc(OC)c(C)c1)C(=O)c1ccc(OC)cc1)c1ccc2c(c1)OCO2. The Labute approximate surface area is 203 Å². The predicted molar refractivity (Wildman–Crippen MR) is 130 cm³/mol. The first kappa shape index (κ1) is 23.9. The summed E-state index contributed by atoms with van der Waals surface area (Å²) in [5.41, 5.74) is 3.16. The normalized spacial score (nSPS) is 12.6. The highest BCUT2D eigenvalue weighted by Gasteiger charge is 2.26. The van der Waals surface area contributed by atoms with Crippen LogP contribution in [0.1, 0.15) is 27.0 Å². The van der Waals surface area contributed by atoms with E-state index in [-0.39, 0.29) is 24.6 Å². The van der Waals surface area contributed by atoms with Crippen LogP contribution in [0, 0.1) is 6.92 Å². The molecule has 0 fully saturated rings. The van der Waals surface area contributed by atoms with E-state index < -0.39 is 5.97 Å². The number of Topliss-reactive ketones (excluding diaryl/α,β-unsaturated/α-hetero) is 1. The number of ether oxygens (including phenoxy) is 5. The third kappa shape index (κ3) is 4.99. The molecule has 35 heavy (non-hydrogen) atoms. The molecule has 3 aromatic carbocycles. The second-order valence-corrected chi connectivity index (χ2v) is 7.95. The van der Waals surface area contributed by atoms with E-state index >= 15 is 0 Å². The summed E-state index contributed by atoms with van der Waals surface area (Å²) in [6.07, 6.45) is 0.203. The monoisotopic (exact) mass is 474 g/mol. The lowest BCUT2D eigenvalue weighted by Crippen LogP contribution is -2.15. The number of benzene rings is 3. The van der Waals surface area contributed by atoms with Crippen molar-refractivity contribution in [1.29, 1.82) is 0 Å². The van der Waals surface area contributed by atoms with Crippen LogP contribution >= 0.6 is 0 Å². The van der Waals surface area contributed by atoms with Gasteiger partial charge in [-0.1, -0.05) is 18.2 Å². The van der Waals surface area contributed by atoms with E-state index in [1.54, 1.807) is 56.7 Å². The smallest absolute Gasteiger partial charge is 0.338 e. The maximum atomic E-state index is 13.8. The third-order valence-corrected chi connectivity index (χ3v) is 5.82. The van der Waals surface area contributed by atoms with Crippen molar-refractivity contribution in [3.63, 3.8) is 0 Å². The molecule has 1 heterocycles. The Kier molecular flexibility index (Phi) is 7.06. The summed E-state index contributed by atoms with van der Waals surface area (Å²) < 4.78 is 26.6. The fourth-order valence-corrected chi connectivity index (χ4v) is 4.02. The van der Waals surface area contributed by atoms with Gasteiger partial charge in [0.15, 0.2) is 17.3 Å². The average Bonchev–Trinajstić information content (AvgIpc) is 3.36. The van der Waals surface area contributed by atoms with Crippen molar-refractivity contribution in [3.8, 4) is 23.0 Å². The number of fused-ring (bicyclic) bond motifs is 1. The Bertz CT molecular complexity index is 1290. The molecule has 0 spiro atoms. The van der Waals surface area contributed by atoms with Gasteiger partial charge in [-0.2, -0.15) is 0 Å². The van der Waals surface area contributed by atoms with E-state index in [1.165, 1.54) is 7.11 Å². The summed E-state index contributed by atoms with van der Waals surface area (Å²) in [6.45, 7) is 2.02. The van der Waals surface area contributed by atoms with Gasteiger partial charge in [-0.3, -0.25) is 4.79 Å². The first-order valence-electron chi connectivity index (χ1n) is 11.0. The number of hydrogen-bond acceptors (Lipinski definition) is 7. The second kappa shape index (κ2) is 10.3. The van der Waals surface area contributed by atoms with Gasteiger partial charge >= 0.3 is 5.97 Å². The van der Waals surface area contributed by atoms with Gasteiger partial charge in [-0.05, 0) is 66.1 Å². The van der Waals surface area contributed by atoms with E-state index in [9.17, 15) is 9.59 Å². The van der Waals surface area contributed by atoms with Crippen LogP contribution in [0.15, 0.2) is 66.2 Å². The van der Waals surface area contributed by atoms with Gasteiger partial charge in [0, 0.05) is 17.6 Å². The van der Waals surface area contributed by atoms with Crippen molar-refractivity contribution in [2.24, 2.45) is 0 Å². The second-order valence-electron chi connectivity index (χ2n) is 7.95. The summed E-state index contributed by atoms with van der Waals surface area (Å²) in [7, 11) is 4.46. The van der Waals surface area contributed by atoms with Crippen molar-refractivity contribution in [2.45, 2.75) is 13.3 Å². The number of rotatable bonds is 8. The van der Waals surface area contributed by atoms with Crippen LogP contribution in [-0.2, 0) is 16.0 Å². The van der Waals surface area contributed by atoms with Crippen LogP contribution in [0.5, 0.6) is 23.0 Å². The standard InChI is InChI=1S/C28H26O7/c1-17-13-18(5-11-23(17)32-3)14-22(27(29)19-6-9-21(31-2)10-7-19)26(28(30)33-4)20-8-12-24-25(15-20)35-16-34-24/h5-13,15H,14,16H2,1-4H3/b26-22-. The minimum absolute atomic E-state index is 0.0961.